The van der Waals surface area contributed by atoms with E-state index in [1.54, 1.807) is 34.9 Å². The predicted octanol–water partition coefficient (Wildman–Crippen LogP) is 2.63. The van der Waals surface area contributed by atoms with Crippen LogP contribution >= 0.6 is 0 Å². The lowest BCUT2D eigenvalue weighted by Gasteiger charge is -2.39. The predicted molar refractivity (Wildman–Crippen MR) is 112 cm³/mol. The van der Waals surface area contributed by atoms with Gasteiger partial charge in [0.05, 0.1) is 16.6 Å². The third-order valence-corrected chi connectivity index (χ3v) is 6.36. The van der Waals surface area contributed by atoms with E-state index in [1.807, 2.05) is 36.4 Å². The van der Waals surface area contributed by atoms with E-state index in [2.05, 4.69) is 0 Å². The maximum atomic E-state index is 13.5. The van der Waals surface area contributed by atoms with E-state index in [4.69, 9.17) is 4.98 Å². The molecule has 3 aliphatic rings. The van der Waals surface area contributed by atoms with Crippen LogP contribution in [0.15, 0.2) is 59.4 Å². The summed E-state index contributed by atoms with van der Waals surface area (Å²) in [6.07, 6.45) is 1.51. The Labute approximate surface area is 171 Å². The minimum absolute atomic E-state index is 0.125. The molecule has 0 saturated carbocycles. The molecule has 0 fully saturated rings. The van der Waals surface area contributed by atoms with E-state index in [0.717, 1.165) is 11.3 Å². The molecular formula is C23H18N4O3. The number of carbonyl (C=O) groups excluding carboxylic acids is 2. The number of aromatic nitrogens is 2. The summed E-state index contributed by atoms with van der Waals surface area (Å²) < 4.78 is 1.48. The molecule has 2 amide bonds. The molecule has 0 aliphatic carbocycles. The highest BCUT2D eigenvalue weighted by Crippen LogP contribution is 2.51. The molecule has 0 unspecified atom stereocenters. The van der Waals surface area contributed by atoms with Gasteiger partial charge in [-0.3, -0.25) is 28.8 Å². The van der Waals surface area contributed by atoms with Crippen LogP contribution in [0.2, 0.25) is 0 Å². The molecule has 0 bridgehead atoms. The second-order valence-electron chi connectivity index (χ2n) is 7.95. The van der Waals surface area contributed by atoms with Crippen molar-refractivity contribution >= 4 is 34.1 Å². The van der Waals surface area contributed by atoms with Crippen molar-refractivity contribution in [3.8, 4) is 0 Å². The van der Waals surface area contributed by atoms with Gasteiger partial charge in [-0.05, 0) is 36.8 Å². The molecule has 1 aromatic heterocycles. The average Bonchev–Trinajstić information content (AvgIpc) is 3.27. The Balaban J connectivity index is 1.64. The summed E-state index contributed by atoms with van der Waals surface area (Å²) in [6, 6.07) is 14.2. The van der Waals surface area contributed by atoms with Crippen LogP contribution in [0.1, 0.15) is 37.2 Å². The lowest BCUT2D eigenvalue weighted by atomic mass is 10.0. The van der Waals surface area contributed by atoms with Crippen LogP contribution in [0.25, 0.3) is 16.6 Å². The zero-order valence-electron chi connectivity index (χ0n) is 16.4. The quantitative estimate of drug-likeness (QED) is 0.583. The number of rotatable bonds is 0. The normalized spacial score (nSPS) is 23.7. The first-order chi connectivity index (χ1) is 14.5. The SMILES string of the molecule is CC(=O)N1c2ccccc2[C@@H]2C=C3c4nc5ccccc5c(=O)n4[C@@H](C)C(=O)N3[C@@H]21. The Hall–Kier alpha value is -3.74. The molecule has 7 nitrogen and oxygen atoms in total. The summed E-state index contributed by atoms with van der Waals surface area (Å²) >= 11 is 0. The maximum Gasteiger partial charge on any atom is 0.262 e. The van der Waals surface area contributed by atoms with E-state index in [0.29, 0.717) is 22.4 Å². The van der Waals surface area contributed by atoms with Crippen LogP contribution in [0.3, 0.4) is 0 Å². The Morgan fingerprint density at radius 1 is 1.03 bits per heavy atom. The van der Waals surface area contributed by atoms with Crippen molar-refractivity contribution in [1.82, 2.24) is 14.5 Å². The van der Waals surface area contributed by atoms with Gasteiger partial charge in [-0.15, -0.1) is 0 Å². The van der Waals surface area contributed by atoms with Crippen LogP contribution < -0.4 is 10.5 Å². The summed E-state index contributed by atoms with van der Waals surface area (Å²) in [6.45, 7) is 3.23. The highest BCUT2D eigenvalue weighted by atomic mass is 16.2. The molecule has 0 spiro atoms. The molecule has 6 rings (SSSR count). The van der Waals surface area contributed by atoms with Crippen LogP contribution in [-0.2, 0) is 9.59 Å². The smallest absolute Gasteiger partial charge is 0.262 e. The highest BCUT2D eigenvalue weighted by molar-refractivity contribution is 6.01. The number of amides is 2. The van der Waals surface area contributed by atoms with E-state index < -0.39 is 12.2 Å². The average molecular weight is 398 g/mol. The van der Waals surface area contributed by atoms with Crippen LogP contribution in [0, 0.1) is 0 Å². The fraction of sp³-hybridized carbons (Fsp3) is 0.217. The molecule has 3 atom stereocenters. The first kappa shape index (κ1) is 17.1. The van der Waals surface area contributed by atoms with Gasteiger partial charge in [0.2, 0.25) is 5.91 Å². The molecular weight excluding hydrogens is 380 g/mol. The minimum Gasteiger partial charge on any atom is -0.290 e. The zero-order chi connectivity index (χ0) is 20.7. The number of anilines is 1. The Bertz CT molecular complexity index is 1370. The zero-order valence-corrected chi connectivity index (χ0v) is 16.4. The van der Waals surface area contributed by atoms with Gasteiger partial charge in [-0.25, -0.2) is 4.98 Å². The first-order valence-corrected chi connectivity index (χ1v) is 9.94. The number of nitrogens with zero attached hydrogens (tertiary/aromatic N) is 4. The molecule has 0 saturated heterocycles. The van der Waals surface area contributed by atoms with Crippen LogP contribution in [0.4, 0.5) is 5.69 Å². The number of hydrogen-bond acceptors (Lipinski definition) is 4. The van der Waals surface area contributed by atoms with Gasteiger partial charge in [-0.1, -0.05) is 30.3 Å². The van der Waals surface area contributed by atoms with Gasteiger partial charge in [0.15, 0.2) is 5.82 Å². The third kappa shape index (κ3) is 1.94. The van der Waals surface area contributed by atoms with Crippen LogP contribution in [0.5, 0.6) is 0 Å². The Morgan fingerprint density at radius 2 is 1.77 bits per heavy atom. The third-order valence-electron chi connectivity index (χ3n) is 6.36. The van der Waals surface area contributed by atoms with E-state index >= 15 is 0 Å². The summed E-state index contributed by atoms with van der Waals surface area (Å²) in [5.74, 6) is -0.0219. The monoisotopic (exact) mass is 398 g/mol. The molecule has 4 heterocycles. The van der Waals surface area contributed by atoms with Crippen molar-refractivity contribution in [3.63, 3.8) is 0 Å². The molecule has 3 aromatic rings. The Kier molecular flexibility index (Phi) is 3.23. The first-order valence-electron chi connectivity index (χ1n) is 9.94. The van der Waals surface area contributed by atoms with Gasteiger partial charge in [0.1, 0.15) is 12.2 Å². The Morgan fingerprint density at radius 3 is 2.57 bits per heavy atom. The molecule has 3 aliphatic heterocycles. The van der Waals surface area contributed by atoms with Gasteiger partial charge in [-0.2, -0.15) is 0 Å². The standard InChI is InChI=1S/C23H18N4O3/c1-12-22(29)27-19(20-24-17-9-5-3-8-15(17)23(30)25(12)20)11-16-14-7-4-6-10-18(14)26(13(2)28)21(16)27/h3-12,16,21H,1-2H3/t12-,16-,21-/m0/s1. The van der Waals surface area contributed by atoms with Crippen molar-refractivity contribution in [2.24, 2.45) is 0 Å². The fourth-order valence-electron chi connectivity index (χ4n) is 5.08. The summed E-state index contributed by atoms with van der Waals surface area (Å²) in [4.78, 5) is 47.4. The largest absolute Gasteiger partial charge is 0.290 e. The van der Waals surface area contributed by atoms with Gasteiger partial charge in [0.25, 0.3) is 11.5 Å². The number of benzene rings is 2. The van der Waals surface area contributed by atoms with Crippen molar-refractivity contribution in [2.45, 2.75) is 32.0 Å². The topological polar surface area (TPSA) is 75.5 Å². The van der Waals surface area contributed by atoms with Crippen molar-refractivity contribution in [3.05, 3.63) is 76.3 Å². The summed E-state index contributed by atoms with van der Waals surface area (Å²) in [7, 11) is 0. The van der Waals surface area contributed by atoms with Gasteiger partial charge < -0.3 is 0 Å². The molecule has 30 heavy (non-hydrogen) atoms. The van der Waals surface area contributed by atoms with Crippen molar-refractivity contribution < 1.29 is 9.59 Å². The van der Waals surface area contributed by atoms with Crippen LogP contribution in [-0.4, -0.2) is 32.4 Å². The second kappa shape index (κ2) is 5.66. The lowest BCUT2D eigenvalue weighted by Crippen LogP contribution is -2.54. The maximum absolute atomic E-state index is 13.5. The van der Waals surface area contributed by atoms with Gasteiger partial charge in [0, 0.05) is 18.5 Å². The number of carbonyl (C=O) groups is 2. The van der Waals surface area contributed by atoms with E-state index in [9.17, 15) is 14.4 Å². The summed E-state index contributed by atoms with van der Waals surface area (Å²) in [5, 5.41) is 0.490. The fourth-order valence-corrected chi connectivity index (χ4v) is 5.08. The second-order valence-corrected chi connectivity index (χ2v) is 7.95. The molecule has 148 valence electrons. The lowest BCUT2D eigenvalue weighted by molar-refractivity contribution is -0.133. The molecule has 0 radical (unpaired) electrons. The van der Waals surface area contributed by atoms with E-state index in [1.165, 1.54) is 11.5 Å². The summed E-state index contributed by atoms with van der Waals surface area (Å²) in [5.41, 5.74) is 2.78. The number of hydrogen-bond donors (Lipinski definition) is 0. The molecule has 2 aromatic carbocycles. The molecule has 7 heteroatoms. The highest BCUT2D eigenvalue weighted by Gasteiger charge is 2.53. The number of fused-ring (bicyclic) bond motifs is 8. The minimum atomic E-state index is -0.710. The number of para-hydroxylation sites is 2. The molecule has 0 N–H and O–H groups in total. The van der Waals surface area contributed by atoms with Crippen molar-refractivity contribution in [2.75, 3.05) is 4.90 Å². The van der Waals surface area contributed by atoms with E-state index in [-0.39, 0.29) is 23.3 Å². The van der Waals surface area contributed by atoms with Crippen molar-refractivity contribution in [1.29, 1.82) is 0 Å². The van der Waals surface area contributed by atoms with Gasteiger partial charge >= 0.3 is 0 Å².